The van der Waals surface area contributed by atoms with Gasteiger partial charge in [0.25, 0.3) is 0 Å². The van der Waals surface area contributed by atoms with Gasteiger partial charge in [-0.3, -0.25) is 4.79 Å². The molecule has 5 atom stereocenters. The highest BCUT2D eigenvalue weighted by Gasteiger charge is 2.45. The van der Waals surface area contributed by atoms with Gasteiger partial charge in [0.2, 0.25) is 6.29 Å². The van der Waals surface area contributed by atoms with Crippen molar-refractivity contribution in [1.29, 1.82) is 0 Å². The molecule has 0 saturated carbocycles. The molecular weight excluding hydrogens is 424 g/mol. The third kappa shape index (κ3) is 5.12. The SMILES string of the molecule is COc1cc(O)c(C(=O)CCc2ccc(O)cc2)cc1O[C@@H]1O[C@H](CO)[C@@H](O)[C@@H](O)[C@H]1O. The fraction of sp³-hybridized carbons (Fsp3) is 0.409. The maximum Gasteiger partial charge on any atom is 0.229 e. The number of hydrogen-bond acceptors (Lipinski definition) is 10. The van der Waals surface area contributed by atoms with Crippen molar-refractivity contribution >= 4 is 5.78 Å². The molecule has 2 aromatic carbocycles. The first-order chi connectivity index (χ1) is 15.2. The number of benzene rings is 2. The smallest absolute Gasteiger partial charge is 0.229 e. The molecular formula is C22H26O10. The molecule has 1 aliphatic heterocycles. The minimum atomic E-state index is -1.65. The topological polar surface area (TPSA) is 166 Å². The summed E-state index contributed by atoms with van der Waals surface area (Å²) in [7, 11) is 1.31. The van der Waals surface area contributed by atoms with Gasteiger partial charge < -0.3 is 44.8 Å². The lowest BCUT2D eigenvalue weighted by Gasteiger charge is -2.39. The molecule has 0 radical (unpaired) electrons. The first kappa shape index (κ1) is 23.8. The number of rotatable bonds is 8. The van der Waals surface area contributed by atoms with Crippen molar-refractivity contribution in [3.05, 3.63) is 47.5 Å². The van der Waals surface area contributed by atoms with Crippen LogP contribution in [0.1, 0.15) is 22.3 Å². The molecule has 0 amide bonds. The molecule has 2 aromatic rings. The maximum atomic E-state index is 12.7. The Bertz CT molecular complexity index is 927. The minimum absolute atomic E-state index is 0.0366. The van der Waals surface area contributed by atoms with Crippen molar-refractivity contribution in [2.75, 3.05) is 13.7 Å². The molecule has 0 aromatic heterocycles. The fourth-order valence-electron chi connectivity index (χ4n) is 3.37. The first-order valence-corrected chi connectivity index (χ1v) is 9.94. The summed E-state index contributed by atoms with van der Waals surface area (Å²) in [5.74, 6) is -0.629. The van der Waals surface area contributed by atoms with Crippen LogP contribution >= 0.6 is 0 Å². The molecule has 0 bridgehead atoms. The van der Waals surface area contributed by atoms with Gasteiger partial charge in [0, 0.05) is 12.5 Å². The molecule has 1 heterocycles. The van der Waals surface area contributed by atoms with Gasteiger partial charge in [0.15, 0.2) is 17.3 Å². The molecule has 0 unspecified atom stereocenters. The van der Waals surface area contributed by atoms with E-state index in [1.54, 1.807) is 12.1 Å². The maximum absolute atomic E-state index is 12.7. The van der Waals surface area contributed by atoms with Gasteiger partial charge in [-0.25, -0.2) is 0 Å². The lowest BCUT2D eigenvalue weighted by Crippen LogP contribution is -2.60. The molecule has 10 heteroatoms. The second kappa shape index (κ2) is 10.2. The monoisotopic (exact) mass is 450 g/mol. The van der Waals surface area contributed by atoms with Gasteiger partial charge in [-0.05, 0) is 30.2 Å². The van der Waals surface area contributed by atoms with E-state index in [0.29, 0.717) is 6.42 Å². The number of ether oxygens (including phenoxy) is 3. The Kier molecular flexibility index (Phi) is 7.54. The van der Waals surface area contributed by atoms with Crippen LogP contribution in [0.4, 0.5) is 0 Å². The van der Waals surface area contributed by atoms with Crippen molar-refractivity contribution in [3.63, 3.8) is 0 Å². The Morgan fingerprint density at radius 1 is 1.00 bits per heavy atom. The minimum Gasteiger partial charge on any atom is -0.508 e. The van der Waals surface area contributed by atoms with Crippen molar-refractivity contribution in [2.45, 2.75) is 43.5 Å². The number of ketones is 1. The van der Waals surface area contributed by atoms with Crippen LogP contribution in [0.2, 0.25) is 0 Å². The van der Waals surface area contributed by atoms with E-state index in [-0.39, 0.29) is 35.0 Å². The molecule has 32 heavy (non-hydrogen) atoms. The van der Waals surface area contributed by atoms with E-state index in [1.165, 1.54) is 31.4 Å². The molecule has 0 spiro atoms. The largest absolute Gasteiger partial charge is 0.508 e. The molecule has 0 aliphatic carbocycles. The molecule has 1 saturated heterocycles. The summed E-state index contributed by atoms with van der Waals surface area (Å²) < 4.78 is 16.1. The number of hydrogen-bond donors (Lipinski definition) is 6. The van der Waals surface area contributed by atoms with Crippen molar-refractivity contribution in [3.8, 4) is 23.0 Å². The summed E-state index contributed by atoms with van der Waals surface area (Å²) in [6, 6.07) is 8.80. The summed E-state index contributed by atoms with van der Waals surface area (Å²) in [6.45, 7) is -0.626. The van der Waals surface area contributed by atoms with Crippen LogP contribution in [0, 0.1) is 0 Å². The summed E-state index contributed by atoms with van der Waals surface area (Å²) in [5.41, 5.74) is 0.770. The number of carbonyl (C=O) groups is 1. The highest BCUT2D eigenvalue weighted by molar-refractivity contribution is 5.99. The predicted octanol–water partition coefficient (Wildman–Crippen LogP) is 0.101. The zero-order valence-corrected chi connectivity index (χ0v) is 17.3. The average molecular weight is 450 g/mol. The Labute approximate surface area is 183 Å². The van der Waals surface area contributed by atoms with Gasteiger partial charge in [-0.1, -0.05) is 12.1 Å². The van der Waals surface area contributed by atoms with E-state index < -0.39 is 43.1 Å². The standard InChI is InChI=1S/C22H26O10/c1-30-16-9-15(26)13(14(25)7-4-11-2-5-12(24)6-3-11)8-17(16)31-22-21(29)20(28)19(27)18(10-23)32-22/h2-3,5-6,8-9,18-24,26-29H,4,7,10H2,1H3/t18-,19-,20-,21-,22-/m1/s1. The number of aromatic hydroxyl groups is 2. The van der Waals surface area contributed by atoms with Crippen LogP contribution in [0.25, 0.3) is 0 Å². The highest BCUT2D eigenvalue weighted by atomic mass is 16.7. The van der Waals surface area contributed by atoms with E-state index in [0.717, 1.165) is 5.56 Å². The zero-order chi connectivity index (χ0) is 23.4. The predicted molar refractivity (Wildman–Crippen MR) is 110 cm³/mol. The van der Waals surface area contributed by atoms with Gasteiger partial charge >= 0.3 is 0 Å². The van der Waals surface area contributed by atoms with Crippen LogP contribution < -0.4 is 9.47 Å². The van der Waals surface area contributed by atoms with Crippen LogP contribution in [0.3, 0.4) is 0 Å². The Morgan fingerprint density at radius 3 is 2.31 bits per heavy atom. The quantitative estimate of drug-likeness (QED) is 0.304. The van der Waals surface area contributed by atoms with Gasteiger partial charge in [-0.2, -0.15) is 0 Å². The number of methoxy groups -OCH3 is 1. The van der Waals surface area contributed by atoms with Crippen molar-refractivity contribution in [1.82, 2.24) is 0 Å². The normalized spacial score (nSPS) is 25.3. The van der Waals surface area contributed by atoms with Crippen LogP contribution in [0.5, 0.6) is 23.0 Å². The number of aryl methyl sites for hydroxylation is 1. The molecule has 1 aliphatic rings. The molecule has 174 valence electrons. The van der Waals surface area contributed by atoms with Crippen LogP contribution in [0.15, 0.2) is 36.4 Å². The van der Waals surface area contributed by atoms with Crippen molar-refractivity contribution < 1.29 is 49.6 Å². The van der Waals surface area contributed by atoms with Gasteiger partial charge in [0.1, 0.15) is 35.9 Å². The number of phenols is 2. The molecule has 3 rings (SSSR count). The summed E-state index contributed by atoms with van der Waals surface area (Å²) >= 11 is 0. The molecule has 1 fully saturated rings. The second-order valence-corrected chi connectivity index (χ2v) is 7.42. The Hall–Kier alpha value is -2.89. The van der Waals surface area contributed by atoms with Crippen LogP contribution in [-0.4, -0.2) is 80.8 Å². The third-order valence-electron chi connectivity index (χ3n) is 5.25. The number of aliphatic hydroxyl groups excluding tert-OH is 4. The lowest BCUT2D eigenvalue weighted by molar-refractivity contribution is -0.277. The van der Waals surface area contributed by atoms with Crippen molar-refractivity contribution in [2.24, 2.45) is 0 Å². The summed E-state index contributed by atoms with van der Waals surface area (Å²) in [5, 5.41) is 59.0. The lowest BCUT2D eigenvalue weighted by atomic mass is 9.99. The summed E-state index contributed by atoms with van der Waals surface area (Å²) in [6.07, 6.45) is -7.07. The van der Waals surface area contributed by atoms with Gasteiger partial charge in [-0.15, -0.1) is 0 Å². The van der Waals surface area contributed by atoms with Gasteiger partial charge in [0.05, 0.1) is 19.3 Å². The molecule has 10 nitrogen and oxygen atoms in total. The number of Topliss-reactive ketones (excluding diaryl/α,β-unsaturated/α-hetero) is 1. The zero-order valence-electron chi connectivity index (χ0n) is 17.3. The first-order valence-electron chi connectivity index (χ1n) is 9.94. The number of aliphatic hydroxyl groups is 4. The third-order valence-corrected chi connectivity index (χ3v) is 5.25. The highest BCUT2D eigenvalue weighted by Crippen LogP contribution is 2.37. The molecule has 6 N–H and O–H groups in total. The second-order valence-electron chi connectivity index (χ2n) is 7.42. The number of phenolic OH excluding ortho intramolecular Hbond substituents is 2. The fourth-order valence-corrected chi connectivity index (χ4v) is 3.37. The van der Waals surface area contributed by atoms with E-state index in [2.05, 4.69) is 0 Å². The Balaban J connectivity index is 1.79. The Morgan fingerprint density at radius 2 is 1.69 bits per heavy atom. The van der Waals surface area contributed by atoms with E-state index in [4.69, 9.17) is 14.2 Å². The average Bonchev–Trinajstić information content (AvgIpc) is 2.79. The number of carbonyl (C=O) groups excluding carboxylic acids is 1. The summed E-state index contributed by atoms with van der Waals surface area (Å²) in [4.78, 5) is 12.7. The van der Waals surface area contributed by atoms with E-state index in [1.807, 2.05) is 0 Å². The van der Waals surface area contributed by atoms with E-state index >= 15 is 0 Å². The van der Waals surface area contributed by atoms with Crippen LogP contribution in [-0.2, 0) is 11.2 Å². The van der Waals surface area contributed by atoms with E-state index in [9.17, 15) is 35.4 Å².